The molecule has 110 valence electrons. The molecule has 0 radical (unpaired) electrons. The lowest BCUT2D eigenvalue weighted by molar-refractivity contribution is -0.111. The molecule has 1 aromatic rings. The number of Topliss-reactive ketones (excluding diaryl/α,β-unsaturated/α-hetero) is 1. The van der Waals surface area contributed by atoms with Gasteiger partial charge in [-0.2, -0.15) is 5.10 Å². The number of carbonyl (C=O) groups is 1. The van der Waals surface area contributed by atoms with E-state index in [1.807, 2.05) is 24.3 Å². The Morgan fingerprint density at radius 3 is 2.86 bits per heavy atom. The molecule has 0 saturated carbocycles. The summed E-state index contributed by atoms with van der Waals surface area (Å²) >= 11 is 0. The van der Waals surface area contributed by atoms with Crippen molar-refractivity contribution in [1.82, 2.24) is 0 Å². The van der Waals surface area contributed by atoms with E-state index in [4.69, 9.17) is 0 Å². The van der Waals surface area contributed by atoms with Gasteiger partial charge >= 0.3 is 0 Å². The Balaban J connectivity index is 1.93. The molecule has 3 aliphatic rings. The maximum atomic E-state index is 12.5. The van der Waals surface area contributed by atoms with Gasteiger partial charge in [-0.3, -0.25) is 9.00 Å². The standard InChI is InChI=1S/C17H14N2O2S/c1-9-6-12(14(20)8-22(2)21)10-4-3-5-11-16(10)15(9)13-7-18-19-17(11)13/h3-7,9H,8H2,1-2H3. The van der Waals surface area contributed by atoms with Crippen LogP contribution in [0.4, 0.5) is 0 Å². The summed E-state index contributed by atoms with van der Waals surface area (Å²) in [6.45, 7) is 2.08. The number of nitrogens with zero attached hydrogens (tertiary/aromatic N) is 2. The van der Waals surface area contributed by atoms with Gasteiger partial charge in [0.1, 0.15) is 5.71 Å². The second-order valence-corrected chi connectivity index (χ2v) is 7.19. The van der Waals surface area contributed by atoms with E-state index in [0.29, 0.717) is 5.57 Å². The third kappa shape index (κ3) is 1.75. The van der Waals surface area contributed by atoms with Crippen LogP contribution >= 0.6 is 0 Å². The van der Waals surface area contributed by atoms with Gasteiger partial charge in [-0.25, -0.2) is 0 Å². The van der Waals surface area contributed by atoms with Crippen LogP contribution < -0.4 is 0 Å². The Morgan fingerprint density at radius 2 is 2.09 bits per heavy atom. The molecule has 5 heteroatoms. The molecule has 22 heavy (non-hydrogen) atoms. The Hall–Kier alpha value is -2.14. The van der Waals surface area contributed by atoms with Crippen LogP contribution in [0.25, 0.3) is 11.1 Å². The molecule has 0 saturated heterocycles. The molecular formula is C17H14N2O2S. The lowest BCUT2D eigenvalue weighted by Crippen LogP contribution is -2.17. The Kier molecular flexibility index (Phi) is 2.87. The van der Waals surface area contributed by atoms with Gasteiger partial charge in [0.05, 0.1) is 12.0 Å². The lowest BCUT2D eigenvalue weighted by atomic mass is 9.80. The van der Waals surface area contributed by atoms with E-state index < -0.39 is 10.8 Å². The highest BCUT2D eigenvalue weighted by Crippen LogP contribution is 2.46. The summed E-state index contributed by atoms with van der Waals surface area (Å²) in [7, 11) is -1.14. The quantitative estimate of drug-likeness (QED) is 0.859. The number of ketones is 1. The zero-order chi connectivity index (χ0) is 15.4. The topological polar surface area (TPSA) is 58.9 Å². The fourth-order valence-corrected chi connectivity index (χ4v) is 3.98. The molecule has 2 unspecified atom stereocenters. The summed E-state index contributed by atoms with van der Waals surface area (Å²) in [5.74, 6) is 0.124. The third-order valence-corrected chi connectivity index (χ3v) is 4.94. The summed E-state index contributed by atoms with van der Waals surface area (Å²) < 4.78 is 11.4. The van der Waals surface area contributed by atoms with Crippen molar-refractivity contribution in [2.24, 2.45) is 16.1 Å². The first-order valence-electron chi connectivity index (χ1n) is 7.12. The largest absolute Gasteiger partial charge is 0.293 e. The molecule has 0 aromatic heterocycles. The van der Waals surface area contributed by atoms with Crippen LogP contribution in [0.2, 0.25) is 0 Å². The molecule has 0 N–H and O–H groups in total. The van der Waals surface area contributed by atoms with Crippen molar-refractivity contribution in [3.63, 3.8) is 0 Å². The maximum Gasteiger partial charge on any atom is 0.175 e. The Bertz CT molecular complexity index is 875. The number of rotatable bonds is 3. The van der Waals surface area contributed by atoms with Gasteiger partial charge in [0.15, 0.2) is 5.78 Å². The van der Waals surface area contributed by atoms with E-state index >= 15 is 0 Å². The van der Waals surface area contributed by atoms with Gasteiger partial charge in [-0.15, -0.1) is 5.10 Å². The van der Waals surface area contributed by atoms with Crippen LogP contribution in [0.3, 0.4) is 0 Å². The Morgan fingerprint density at radius 1 is 1.32 bits per heavy atom. The number of fused-ring (bicyclic) bond motifs is 2. The van der Waals surface area contributed by atoms with E-state index in [-0.39, 0.29) is 17.5 Å². The van der Waals surface area contributed by atoms with Crippen LogP contribution in [0.1, 0.15) is 23.6 Å². The summed E-state index contributed by atoms with van der Waals surface area (Å²) in [5, 5.41) is 8.25. The van der Waals surface area contributed by atoms with Crippen molar-refractivity contribution in [1.29, 1.82) is 0 Å². The van der Waals surface area contributed by atoms with Crippen LogP contribution in [-0.2, 0) is 15.6 Å². The predicted octanol–water partition coefficient (Wildman–Crippen LogP) is 2.22. The van der Waals surface area contributed by atoms with Crippen LogP contribution in [-0.4, -0.2) is 33.9 Å². The molecule has 4 nitrogen and oxygen atoms in total. The molecule has 1 aromatic carbocycles. The average molecular weight is 310 g/mol. The molecule has 0 spiro atoms. The summed E-state index contributed by atoms with van der Waals surface area (Å²) in [6.07, 6.45) is 5.34. The summed E-state index contributed by atoms with van der Waals surface area (Å²) in [5.41, 5.74) is 6.92. The van der Waals surface area contributed by atoms with Gasteiger partial charge in [0.2, 0.25) is 0 Å². The van der Waals surface area contributed by atoms with E-state index in [1.165, 1.54) is 5.57 Å². The van der Waals surface area contributed by atoms with Crippen molar-refractivity contribution >= 4 is 39.7 Å². The van der Waals surface area contributed by atoms with E-state index in [0.717, 1.165) is 28.0 Å². The number of benzene rings is 1. The maximum absolute atomic E-state index is 12.5. The SMILES string of the molecule is CC1C=C(C(=O)CS(C)=O)c2cccc3c2C1=C1C=NN=C13. The smallest absolute Gasteiger partial charge is 0.175 e. The fourth-order valence-electron chi connectivity index (χ4n) is 3.46. The summed E-state index contributed by atoms with van der Waals surface area (Å²) in [4.78, 5) is 12.5. The van der Waals surface area contributed by atoms with E-state index in [9.17, 15) is 9.00 Å². The molecule has 0 fully saturated rings. The van der Waals surface area contributed by atoms with Gasteiger partial charge in [-0.1, -0.05) is 31.2 Å². The number of carbonyl (C=O) groups excluding carboxylic acids is 1. The van der Waals surface area contributed by atoms with Crippen molar-refractivity contribution < 1.29 is 9.00 Å². The first-order chi connectivity index (χ1) is 10.6. The van der Waals surface area contributed by atoms with Crippen molar-refractivity contribution in [3.05, 3.63) is 46.5 Å². The molecule has 1 aliphatic heterocycles. The van der Waals surface area contributed by atoms with Gasteiger partial charge in [0.25, 0.3) is 0 Å². The zero-order valence-electron chi connectivity index (χ0n) is 12.3. The van der Waals surface area contributed by atoms with E-state index in [2.05, 4.69) is 17.1 Å². The molecule has 2 aliphatic carbocycles. The normalized spacial score (nSPS) is 22.2. The first-order valence-corrected chi connectivity index (χ1v) is 8.85. The molecular weight excluding hydrogens is 296 g/mol. The second kappa shape index (κ2) is 4.68. The molecule has 4 rings (SSSR count). The van der Waals surface area contributed by atoms with Crippen LogP contribution in [0, 0.1) is 5.92 Å². The Labute approximate surface area is 130 Å². The van der Waals surface area contributed by atoms with Crippen molar-refractivity contribution in [2.75, 3.05) is 12.0 Å². The molecule has 1 heterocycles. The first kappa shape index (κ1) is 13.5. The molecule has 0 bridgehead atoms. The van der Waals surface area contributed by atoms with Gasteiger partial charge in [0, 0.05) is 39.7 Å². The zero-order valence-corrected chi connectivity index (χ0v) is 13.1. The third-order valence-electron chi connectivity index (χ3n) is 4.28. The van der Waals surface area contributed by atoms with Crippen molar-refractivity contribution in [3.8, 4) is 0 Å². The highest BCUT2D eigenvalue weighted by atomic mass is 32.2. The van der Waals surface area contributed by atoms with Crippen LogP contribution in [0.15, 0.2) is 40.1 Å². The van der Waals surface area contributed by atoms with Gasteiger partial charge < -0.3 is 0 Å². The predicted molar refractivity (Wildman–Crippen MR) is 89.5 cm³/mol. The number of hydrogen-bond acceptors (Lipinski definition) is 4. The highest BCUT2D eigenvalue weighted by molar-refractivity contribution is 7.85. The highest BCUT2D eigenvalue weighted by Gasteiger charge is 2.37. The number of hydrogen-bond donors (Lipinski definition) is 0. The fraction of sp³-hybridized carbons (Fsp3) is 0.235. The average Bonchev–Trinajstić information content (AvgIpc) is 3.03. The minimum Gasteiger partial charge on any atom is -0.293 e. The van der Waals surface area contributed by atoms with Gasteiger partial charge in [-0.05, 0) is 16.7 Å². The van der Waals surface area contributed by atoms with Crippen LogP contribution in [0.5, 0.6) is 0 Å². The summed E-state index contributed by atoms with van der Waals surface area (Å²) in [6, 6.07) is 5.93. The minimum absolute atomic E-state index is 0.0576. The lowest BCUT2D eigenvalue weighted by Gasteiger charge is -2.23. The minimum atomic E-state index is -1.14. The molecule has 2 atom stereocenters. The van der Waals surface area contributed by atoms with E-state index in [1.54, 1.807) is 12.5 Å². The monoisotopic (exact) mass is 310 g/mol. The number of allylic oxidation sites excluding steroid dienone is 4. The second-order valence-electron chi connectivity index (χ2n) is 5.76. The molecule has 0 amide bonds. The van der Waals surface area contributed by atoms with Crippen molar-refractivity contribution in [2.45, 2.75) is 6.92 Å².